The van der Waals surface area contributed by atoms with E-state index in [2.05, 4.69) is 15.5 Å². The third-order valence-electron chi connectivity index (χ3n) is 8.71. The van der Waals surface area contributed by atoms with E-state index in [1.165, 1.54) is 25.7 Å². The quantitative estimate of drug-likeness (QED) is 0.194. The van der Waals surface area contributed by atoms with Crippen molar-refractivity contribution in [1.29, 1.82) is 0 Å². The van der Waals surface area contributed by atoms with Crippen molar-refractivity contribution in [2.45, 2.75) is 83.3 Å². The highest BCUT2D eigenvalue weighted by atomic mass is 16.6. The molecule has 2 aliphatic rings. The van der Waals surface area contributed by atoms with Crippen LogP contribution in [0.25, 0.3) is 11.1 Å². The number of hydrogen-bond acceptors (Lipinski definition) is 7. The molecular formula is C35H50N4O5. The van der Waals surface area contributed by atoms with Crippen LogP contribution < -0.4 is 10.6 Å². The van der Waals surface area contributed by atoms with Gasteiger partial charge in [0.25, 0.3) is 0 Å². The van der Waals surface area contributed by atoms with Crippen LogP contribution in [0.3, 0.4) is 0 Å². The Hall–Kier alpha value is -3.43. The van der Waals surface area contributed by atoms with E-state index in [4.69, 9.17) is 9.47 Å². The zero-order chi connectivity index (χ0) is 31.2. The Morgan fingerprint density at radius 2 is 1.57 bits per heavy atom. The lowest BCUT2D eigenvalue weighted by Gasteiger charge is -2.38. The Morgan fingerprint density at radius 3 is 2.30 bits per heavy atom. The summed E-state index contributed by atoms with van der Waals surface area (Å²) in [6, 6.07) is 17.4. The number of piperidine rings is 1. The number of benzene rings is 2. The zero-order valence-electron chi connectivity index (χ0n) is 26.5. The number of carbonyl (C=O) groups excluding carboxylic acids is 3. The van der Waals surface area contributed by atoms with Gasteiger partial charge in [0.05, 0.1) is 24.8 Å². The molecule has 2 aliphatic heterocycles. The van der Waals surface area contributed by atoms with E-state index in [1.54, 1.807) is 6.92 Å². The maximum Gasteiger partial charge on any atom is 0.412 e. The molecule has 0 bridgehead atoms. The van der Waals surface area contributed by atoms with Gasteiger partial charge in [-0.05, 0) is 57.7 Å². The lowest BCUT2D eigenvalue weighted by Crippen LogP contribution is -2.55. The van der Waals surface area contributed by atoms with Gasteiger partial charge in [-0.25, -0.2) is 4.79 Å². The van der Waals surface area contributed by atoms with Crippen LogP contribution in [0.2, 0.25) is 0 Å². The Balaban J connectivity index is 1.06. The summed E-state index contributed by atoms with van der Waals surface area (Å²) in [7, 11) is 0. The normalized spacial score (nSPS) is 18.5. The molecule has 2 aromatic carbocycles. The smallest absolute Gasteiger partial charge is 0.412 e. The van der Waals surface area contributed by atoms with Crippen LogP contribution >= 0.6 is 0 Å². The minimum atomic E-state index is -0.465. The van der Waals surface area contributed by atoms with Gasteiger partial charge >= 0.3 is 12.1 Å². The largest absolute Gasteiger partial charge is 0.466 e. The minimum absolute atomic E-state index is 0.0151. The molecule has 2 N–H and O–H groups in total. The van der Waals surface area contributed by atoms with Crippen molar-refractivity contribution in [3.8, 4) is 11.1 Å². The van der Waals surface area contributed by atoms with E-state index >= 15 is 0 Å². The molecule has 2 saturated heterocycles. The zero-order valence-corrected chi connectivity index (χ0v) is 26.5. The molecule has 9 heteroatoms. The topological polar surface area (TPSA) is 100 Å². The van der Waals surface area contributed by atoms with Crippen molar-refractivity contribution in [3.63, 3.8) is 0 Å². The molecule has 4 rings (SSSR count). The monoisotopic (exact) mass is 606 g/mol. The molecule has 0 spiro atoms. The predicted octanol–water partition coefficient (Wildman–Crippen LogP) is 5.85. The molecule has 2 aromatic rings. The molecule has 0 aliphatic carbocycles. The minimum Gasteiger partial charge on any atom is -0.466 e. The number of esters is 1. The van der Waals surface area contributed by atoms with Gasteiger partial charge in [-0.3, -0.25) is 14.9 Å². The number of nitrogens with zero attached hydrogens (tertiary/aromatic N) is 2. The first kappa shape index (κ1) is 33.5. The lowest BCUT2D eigenvalue weighted by molar-refractivity contribution is -0.148. The van der Waals surface area contributed by atoms with E-state index in [0.717, 1.165) is 68.7 Å². The highest BCUT2D eigenvalue weighted by Crippen LogP contribution is 2.30. The van der Waals surface area contributed by atoms with Gasteiger partial charge in [0.15, 0.2) is 0 Å². The summed E-state index contributed by atoms with van der Waals surface area (Å²) in [4.78, 5) is 41.7. The number of nitrogens with one attached hydrogen (secondary N) is 2. The van der Waals surface area contributed by atoms with Gasteiger partial charge in [-0.15, -0.1) is 0 Å². The van der Waals surface area contributed by atoms with Gasteiger partial charge in [0.2, 0.25) is 5.91 Å². The van der Waals surface area contributed by atoms with E-state index in [-0.39, 0.29) is 18.3 Å². The molecular weight excluding hydrogens is 556 g/mol. The SMILES string of the molecule is CCOC(=O)CC1NCCN(CCCCCCCCN2CCC(C)(OC(=O)Nc3ccccc3-c3ccccc3)CC2)C1=O. The molecule has 0 saturated carbocycles. The van der Waals surface area contributed by atoms with Crippen molar-refractivity contribution in [1.82, 2.24) is 15.1 Å². The first-order valence-corrected chi connectivity index (χ1v) is 16.4. The van der Waals surface area contributed by atoms with Crippen molar-refractivity contribution in [3.05, 3.63) is 54.6 Å². The Kier molecular flexibility index (Phi) is 13.1. The summed E-state index contributed by atoms with van der Waals surface area (Å²) in [5.74, 6) is -0.308. The number of anilines is 1. The number of ether oxygens (including phenoxy) is 2. The first-order valence-electron chi connectivity index (χ1n) is 16.4. The molecule has 2 fully saturated rings. The maximum atomic E-state index is 12.9. The fraction of sp³-hybridized carbons (Fsp3) is 0.571. The first-order chi connectivity index (χ1) is 21.4. The standard InChI is InChI=1S/C35H50N4O5/c1-3-43-32(40)27-31-33(41)39(26-21-36-31)23-14-7-5-4-6-13-22-38-24-19-35(2,20-25-38)44-34(42)37-30-18-12-11-17-29(30)28-15-9-8-10-16-28/h8-12,15-18,31,36H,3-7,13-14,19-27H2,1-2H3,(H,37,42). The van der Waals surface area contributed by atoms with Crippen molar-refractivity contribution in [2.75, 3.05) is 51.2 Å². The van der Waals surface area contributed by atoms with Gasteiger partial charge < -0.3 is 24.6 Å². The van der Waals surface area contributed by atoms with Crippen LogP contribution in [-0.2, 0) is 19.1 Å². The maximum absolute atomic E-state index is 12.9. The van der Waals surface area contributed by atoms with E-state index in [1.807, 2.05) is 66.4 Å². The van der Waals surface area contributed by atoms with Gasteiger partial charge in [0.1, 0.15) is 5.60 Å². The lowest BCUT2D eigenvalue weighted by atomic mass is 9.93. The van der Waals surface area contributed by atoms with Gasteiger partial charge in [-0.2, -0.15) is 0 Å². The average Bonchev–Trinajstić information content (AvgIpc) is 3.02. The fourth-order valence-corrected chi connectivity index (χ4v) is 6.08. The number of hydrogen-bond donors (Lipinski definition) is 2. The molecule has 0 aromatic heterocycles. The molecule has 0 radical (unpaired) electrons. The van der Waals surface area contributed by atoms with Crippen LogP contribution in [0.5, 0.6) is 0 Å². The second-order valence-electron chi connectivity index (χ2n) is 12.2. The third kappa shape index (κ3) is 10.3. The van der Waals surface area contributed by atoms with E-state index in [9.17, 15) is 14.4 Å². The van der Waals surface area contributed by atoms with Crippen LogP contribution in [0, 0.1) is 0 Å². The third-order valence-corrected chi connectivity index (χ3v) is 8.71. The average molecular weight is 607 g/mol. The summed E-state index contributed by atoms with van der Waals surface area (Å²) in [5, 5.41) is 6.12. The molecule has 1 atom stereocenters. The number of para-hydroxylation sites is 1. The highest BCUT2D eigenvalue weighted by Gasteiger charge is 2.34. The molecule has 240 valence electrons. The summed E-state index contributed by atoms with van der Waals surface area (Å²) < 4.78 is 11.0. The Morgan fingerprint density at radius 1 is 0.909 bits per heavy atom. The number of unbranched alkanes of at least 4 members (excludes halogenated alkanes) is 5. The summed E-state index contributed by atoms with van der Waals surface area (Å²) in [6.07, 6.45) is 8.18. The Labute approximate surface area is 262 Å². The van der Waals surface area contributed by atoms with Gasteiger partial charge in [-0.1, -0.05) is 74.2 Å². The summed E-state index contributed by atoms with van der Waals surface area (Å²) >= 11 is 0. The second-order valence-corrected chi connectivity index (χ2v) is 12.2. The van der Waals surface area contributed by atoms with Crippen molar-refractivity contribution >= 4 is 23.7 Å². The molecule has 44 heavy (non-hydrogen) atoms. The fourth-order valence-electron chi connectivity index (χ4n) is 6.08. The van der Waals surface area contributed by atoms with Crippen LogP contribution in [0.4, 0.5) is 10.5 Å². The van der Waals surface area contributed by atoms with Crippen molar-refractivity contribution < 1.29 is 23.9 Å². The van der Waals surface area contributed by atoms with Crippen molar-refractivity contribution in [2.24, 2.45) is 0 Å². The summed E-state index contributed by atoms with van der Waals surface area (Å²) in [6.45, 7) is 9.26. The molecule has 2 heterocycles. The number of likely N-dealkylation sites (tertiary alicyclic amines) is 1. The van der Waals surface area contributed by atoms with Gasteiger partial charge in [0, 0.05) is 38.3 Å². The van der Waals surface area contributed by atoms with Crippen LogP contribution in [0.15, 0.2) is 54.6 Å². The Bertz CT molecular complexity index is 1200. The number of amides is 2. The van der Waals surface area contributed by atoms with Crippen LogP contribution in [0.1, 0.15) is 71.6 Å². The molecule has 9 nitrogen and oxygen atoms in total. The molecule has 2 amide bonds. The molecule has 1 unspecified atom stereocenters. The van der Waals surface area contributed by atoms with E-state index < -0.39 is 17.7 Å². The number of rotatable bonds is 15. The second kappa shape index (κ2) is 17.2. The predicted molar refractivity (Wildman–Crippen MR) is 173 cm³/mol. The highest BCUT2D eigenvalue weighted by molar-refractivity contribution is 5.91. The number of piperazine rings is 1. The number of carbonyl (C=O) groups is 3. The van der Waals surface area contributed by atoms with E-state index in [0.29, 0.717) is 19.7 Å². The van der Waals surface area contributed by atoms with Crippen LogP contribution in [-0.4, -0.2) is 85.3 Å². The summed E-state index contributed by atoms with van der Waals surface area (Å²) in [5.41, 5.74) is 2.31.